The molecule has 0 radical (unpaired) electrons. The van der Waals surface area contributed by atoms with E-state index >= 15 is 0 Å². The van der Waals surface area contributed by atoms with E-state index < -0.39 is 0 Å². The summed E-state index contributed by atoms with van der Waals surface area (Å²) in [6.07, 6.45) is 5.06. The Labute approximate surface area is 84.2 Å². The summed E-state index contributed by atoms with van der Waals surface area (Å²) in [6.45, 7) is 3.16. The molecular formula is C10H16ClNO. The van der Waals surface area contributed by atoms with Crippen LogP contribution in [0.2, 0.25) is 0 Å². The van der Waals surface area contributed by atoms with Crippen LogP contribution in [0.15, 0.2) is 0 Å². The molecule has 2 rings (SSSR count). The van der Waals surface area contributed by atoms with Crippen molar-refractivity contribution in [1.82, 2.24) is 4.90 Å². The number of hydrogen-bond acceptors (Lipinski definition) is 1. The number of fused-ring (bicyclic) bond motifs is 1. The largest absolute Gasteiger partial charge is 0.336 e. The number of carbonyl (C=O) groups is 1. The van der Waals surface area contributed by atoms with Crippen LogP contribution in [-0.2, 0) is 4.79 Å². The minimum Gasteiger partial charge on any atom is -0.336 e. The molecule has 3 heteroatoms. The maximum Gasteiger partial charge on any atom is 0.237 e. The Morgan fingerprint density at radius 2 is 2.38 bits per heavy atom. The van der Waals surface area contributed by atoms with E-state index in [1.807, 2.05) is 4.90 Å². The molecule has 74 valence electrons. The normalized spacial score (nSPS) is 38.0. The van der Waals surface area contributed by atoms with Gasteiger partial charge >= 0.3 is 0 Å². The van der Waals surface area contributed by atoms with Crippen LogP contribution < -0.4 is 0 Å². The number of hydrogen-bond donors (Lipinski definition) is 0. The van der Waals surface area contributed by atoms with Gasteiger partial charge in [0.15, 0.2) is 0 Å². The predicted molar refractivity (Wildman–Crippen MR) is 52.8 cm³/mol. The first-order valence-corrected chi connectivity index (χ1v) is 5.58. The highest BCUT2D eigenvalue weighted by atomic mass is 35.5. The fraction of sp³-hybridized carbons (Fsp3) is 0.900. The van der Waals surface area contributed by atoms with E-state index in [1.54, 1.807) is 0 Å². The number of carbonyl (C=O) groups excluding carboxylic acids is 1. The molecule has 0 spiro atoms. The summed E-state index contributed by atoms with van der Waals surface area (Å²) >= 11 is 5.56. The zero-order valence-electron chi connectivity index (χ0n) is 8.05. The number of likely N-dealkylation sites (tertiary alicyclic amines) is 1. The summed E-state index contributed by atoms with van der Waals surface area (Å²) in [4.78, 5) is 13.4. The van der Waals surface area contributed by atoms with Crippen LogP contribution in [0, 0.1) is 5.92 Å². The predicted octanol–water partition coefficient (Wildman–Crippen LogP) is 2.02. The SMILES string of the molecule is C[C@]12CCCC[C@H]1CN2C(=O)CCl. The molecule has 0 aromatic rings. The molecule has 1 amide bonds. The van der Waals surface area contributed by atoms with Gasteiger partial charge in [0.1, 0.15) is 5.88 Å². The van der Waals surface area contributed by atoms with Crippen LogP contribution in [-0.4, -0.2) is 28.8 Å². The summed E-state index contributed by atoms with van der Waals surface area (Å²) in [5.74, 6) is 0.998. The number of nitrogens with zero attached hydrogens (tertiary/aromatic N) is 1. The van der Waals surface area contributed by atoms with Crippen molar-refractivity contribution in [3.05, 3.63) is 0 Å². The lowest BCUT2D eigenvalue weighted by Crippen LogP contribution is -2.68. The third-order valence-electron chi connectivity index (χ3n) is 3.80. The maximum absolute atomic E-state index is 11.4. The molecule has 1 saturated carbocycles. The Balaban J connectivity index is 2.06. The van der Waals surface area contributed by atoms with E-state index in [-0.39, 0.29) is 17.3 Å². The van der Waals surface area contributed by atoms with Gasteiger partial charge in [-0.1, -0.05) is 12.8 Å². The molecule has 0 aromatic carbocycles. The van der Waals surface area contributed by atoms with Gasteiger partial charge in [0, 0.05) is 12.1 Å². The Morgan fingerprint density at radius 3 is 3.00 bits per heavy atom. The topological polar surface area (TPSA) is 20.3 Å². The van der Waals surface area contributed by atoms with E-state index in [1.165, 1.54) is 25.7 Å². The fourth-order valence-corrected chi connectivity index (χ4v) is 2.95. The fourth-order valence-electron chi connectivity index (χ4n) is 2.81. The molecule has 0 unspecified atom stereocenters. The third kappa shape index (κ3) is 1.26. The van der Waals surface area contributed by atoms with E-state index in [9.17, 15) is 4.79 Å². The van der Waals surface area contributed by atoms with Gasteiger partial charge in [-0.2, -0.15) is 0 Å². The van der Waals surface area contributed by atoms with Gasteiger partial charge in [-0.25, -0.2) is 0 Å². The number of halogens is 1. The molecule has 2 aliphatic rings. The standard InChI is InChI=1S/C10H16ClNO/c1-10-5-3-2-4-8(10)7-12(10)9(13)6-11/h8H,2-7H2,1H3/t8-,10-/m0/s1. The van der Waals surface area contributed by atoms with Crippen LogP contribution in [0.25, 0.3) is 0 Å². The first kappa shape index (κ1) is 9.32. The molecule has 2 nitrogen and oxygen atoms in total. The van der Waals surface area contributed by atoms with Crippen LogP contribution in [0.3, 0.4) is 0 Å². The smallest absolute Gasteiger partial charge is 0.237 e. The molecule has 0 N–H and O–H groups in total. The Hall–Kier alpha value is -0.240. The van der Waals surface area contributed by atoms with Crippen molar-refractivity contribution in [2.24, 2.45) is 5.92 Å². The first-order chi connectivity index (χ1) is 6.18. The van der Waals surface area contributed by atoms with Crippen LogP contribution in [0.4, 0.5) is 0 Å². The zero-order chi connectivity index (χ0) is 9.47. The highest BCUT2D eigenvalue weighted by molar-refractivity contribution is 6.27. The van der Waals surface area contributed by atoms with Gasteiger partial charge in [-0.15, -0.1) is 11.6 Å². The molecule has 0 bridgehead atoms. The van der Waals surface area contributed by atoms with E-state index in [4.69, 9.17) is 11.6 Å². The highest BCUT2D eigenvalue weighted by Crippen LogP contribution is 2.46. The minimum atomic E-state index is 0.113. The summed E-state index contributed by atoms with van der Waals surface area (Å²) < 4.78 is 0. The van der Waals surface area contributed by atoms with Crippen molar-refractivity contribution in [3.8, 4) is 0 Å². The first-order valence-electron chi connectivity index (χ1n) is 5.05. The Bertz CT molecular complexity index is 231. The summed E-state index contributed by atoms with van der Waals surface area (Å²) in [5, 5.41) is 0. The molecule has 1 saturated heterocycles. The lowest BCUT2D eigenvalue weighted by molar-refractivity contribution is -0.157. The number of alkyl halides is 1. The monoisotopic (exact) mass is 201 g/mol. The quantitative estimate of drug-likeness (QED) is 0.595. The number of rotatable bonds is 1. The van der Waals surface area contributed by atoms with Crippen molar-refractivity contribution in [2.75, 3.05) is 12.4 Å². The van der Waals surface area contributed by atoms with Gasteiger partial charge in [-0.05, 0) is 25.7 Å². The van der Waals surface area contributed by atoms with E-state index in [2.05, 4.69) is 6.92 Å². The summed E-state index contributed by atoms with van der Waals surface area (Å²) in [6, 6.07) is 0. The van der Waals surface area contributed by atoms with Crippen molar-refractivity contribution in [2.45, 2.75) is 38.1 Å². The molecule has 13 heavy (non-hydrogen) atoms. The van der Waals surface area contributed by atoms with Crippen molar-refractivity contribution < 1.29 is 4.79 Å². The average molecular weight is 202 g/mol. The van der Waals surface area contributed by atoms with Crippen molar-refractivity contribution in [3.63, 3.8) is 0 Å². The van der Waals surface area contributed by atoms with Gasteiger partial charge in [0.05, 0.1) is 0 Å². The highest BCUT2D eigenvalue weighted by Gasteiger charge is 2.52. The molecule has 1 aliphatic heterocycles. The lowest BCUT2D eigenvalue weighted by Gasteiger charge is -2.59. The molecule has 2 fully saturated rings. The van der Waals surface area contributed by atoms with Gasteiger partial charge in [0.25, 0.3) is 0 Å². The van der Waals surface area contributed by atoms with Crippen LogP contribution >= 0.6 is 11.6 Å². The molecular weight excluding hydrogens is 186 g/mol. The van der Waals surface area contributed by atoms with Gasteiger partial charge < -0.3 is 4.90 Å². The zero-order valence-corrected chi connectivity index (χ0v) is 8.81. The molecule has 2 atom stereocenters. The summed E-state index contributed by atoms with van der Waals surface area (Å²) in [7, 11) is 0. The Kier molecular flexibility index (Phi) is 2.26. The van der Waals surface area contributed by atoms with Gasteiger partial charge in [0.2, 0.25) is 5.91 Å². The lowest BCUT2D eigenvalue weighted by atomic mass is 9.66. The Morgan fingerprint density at radius 1 is 1.62 bits per heavy atom. The molecule has 0 aromatic heterocycles. The van der Waals surface area contributed by atoms with E-state index in [0.717, 1.165) is 12.5 Å². The average Bonchev–Trinajstić information content (AvgIpc) is 2.12. The van der Waals surface area contributed by atoms with Crippen molar-refractivity contribution in [1.29, 1.82) is 0 Å². The second-order valence-corrected chi connectivity index (χ2v) is 4.71. The van der Waals surface area contributed by atoms with Crippen LogP contribution in [0.1, 0.15) is 32.6 Å². The number of amides is 1. The van der Waals surface area contributed by atoms with Gasteiger partial charge in [-0.3, -0.25) is 4.79 Å². The third-order valence-corrected chi connectivity index (χ3v) is 4.03. The second-order valence-electron chi connectivity index (χ2n) is 4.44. The summed E-state index contributed by atoms with van der Waals surface area (Å²) in [5.41, 5.74) is 0.157. The van der Waals surface area contributed by atoms with E-state index in [0.29, 0.717) is 0 Å². The second kappa shape index (κ2) is 3.16. The molecule has 1 aliphatic carbocycles. The minimum absolute atomic E-state index is 0.113. The maximum atomic E-state index is 11.4. The molecule has 1 heterocycles. The van der Waals surface area contributed by atoms with Crippen LogP contribution in [0.5, 0.6) is 0 Å². The van der Waals surface area contributed by atoms with Crippen molar-refractivity contribution >= 4 is 17.5 Å².